The minimum absolute atomic E-state index is 0.154. The molecule has 0 aliphatic heterocycles. The lowest BCUT2D eigenvalue weighted by molar-refractivity contribution is 0.0917. The second kappa shape index (κ2) is 4.00. The summed E-state index contributed by atoms with van der Waals surface area (Å²) in [6.45, 7) is 4.41. The Kier molecular flexibility index (Phi) is 2.70. The van der Waals surface area contributed by atoms with Crippen molar-refractivity contribution in [3.63, 3.8) is 0 Å². The fourth-order valence-electron chi connectivity index (χ4n) is 2.12. The van der Waals surface area contributed by atoms with Gasteiger partial charge in [0.2, 0.25) is 5.82 Å². The number of aromatic amines is 1. The van der Waals surface area contributed by atoms with Crippen LogP contribution < -0.4 is 5.32 Å². The fraction of sp³-hybridized carbons (Fsp3) is 0.700. The van der Waals surface area contributed by atoms with Gasteiger partial charge in [-0.25, -0.2) is 4.98 Å². The van der Waals surface area contributed by atoms with Crippen LogP contribution in [0.5, 0.6) is 0 Å². The number of hydrogen-bond acceptors (Lipinski definition) is 3. The molecule has 1 amide bonds. The molecule has 1 fully saturated rings. The summed E-state index contributed by atoms with van der Waals surface area (Å²) in [5.41, 5.74) is 0. The van der Waals surface area contributed by atoms with E-state index in [1.807, 2.05) is 0 Å². The first-order valence-corrected chi connectivity index (χ1v) is 5.34. The number of nitrogens with one attached hydrogen (secondary N) is 2. The molecule has 0 bridgehead atoms. The van der Waals surface area contributed by atoms with Crippen LogP contribution in [-0.4, -0.2) is 27.1 Å². The lowest BCUT2D eigenvalue weighted by atomic mass is 9.98. The number of hydrogen-bond donors (Lipinski definition) is 2. The van der Waals surface area contributed by atoms with E-state index in [1.165, 1.54) is 12.7 Å². The molecule has 1 aliphatic rings. The van der Waals surface area contributed by atoms with Crippen LogP contribution in [-0.2, 0) is 0 Å². The van der Waals surface area contributed by atoms with E-state index in [-0.39, 0.29) is 11.9 Å². The number of nitrogens with zero attached hydrogens (tertiary/aromatic N) is 2. The normalized spacial score (nSPS) is 30.4. The molecule has 5 nitrogen and oxygen atoms in total. The predicted octanol–water partition coefficient (Wildman–Crippen LogP) is 0.969. The maximum absolute atomic E-state index is 11.7. The van der Waals surface area contributed by atoms with Crippen LogP contribution in [0.1, 0.15) is 37.3 Å². The molecule has 0 aromatic carbocycles. The fourth-order valence-corrected chi connectivity index (χ4v) is 2.12. The molecule has 1 heterocycles. The van der Waals surface area contributed by atoms with Crippen LogP contribution in [0.3, 0.4) is 0 Å². The number of carbonyl (C=O) groups excluding carboxylic acids is 1. The lowest BCUT2D eigenvalue weighted by Crippen LogP contribution is -2.37. The average Bonchev–Trinajstić information content (AvgIpc) is 2.83. The van der Waals surface area contributed by atoms with Crippen molar-refractivity contribution in [3.05, 3.63) is 12.2 Å². The van der Waals surface area contributed by atoms with E-state index in [4.69, 9.17) is 0 Å². The Balaban J connectivity index is 1.95. The molecule has 15 heavy (non-hydrogen) atoms. The molecule has 1 aromatic heterocycles. The third kappa shape index (κ3) is 2.00. The van der Waals surface area contributed by atoms with E-state index in [0.717, 1.165) is 6.42 Å². The molecule has 1 saturated carbocycles. The predicted molar refractivity (Wildman–Crippen MR) is 55.2 cm³/mol. The van der Waals surface area contributed by atoms with Crippen LogP contribution in [0.15, 0.2) is 6.33 Å². The third-order valence-electron chi connectivity index (χ3n) is 3.41. The highest BCUT2D eigenvalue weighted by molar-refractivity contribution is 5.90. The second-order valence-electron chi connectivity index (χ2n) is 4.33. The van der Waals surface area contributed by atoms with Crippen molar-refractivity contribution in [1.29, 1.82) is 0 Å². The van der Waals surface area contributed by atoms with E-state index in [2.05, 4.69) is 34.3 Å². The van der Waals surface area contributed by atoms with Crippen LogP contribution in [0, 0.1) is 11.8 Å². The number of rotatable bonds is 2. The number of aromatic nitrogens is 3. The molecule has 0 spiro atoms. The van der Waals surface area contributed by atoms with Crippen molar-refractivity contribution in [1.82, 2.24) is 20.5 Å². The summed E-state index contributed by atoms with van der Waals surface area (Å²) in [5, 5.41) is 9.21. The van der Waals surface area contributed by atoms with Gasteiger partial charge in [0, 0.05) is 6.04 Å². The van der Waals surface area contributed by atoms with Gasteiger partial charge in [-0.15, -0.1) is 0 Å². The highest BCUT2D eigenvalue weighted by atomic mass is 16.2. The standard InChI is InChI=1S/C10H16N4O/c1-6-3-4-8(7(6)2)13-10(15)9-11-5-12-14-9/h5-8H,3-4H2,1-2H3,(H,13,15)(H,11,12,14). The lowest BCUT2D eigenvalue weighted by Gasteiger charge is -2.18. The molecule has 3 unspecified atom stereocenters. The van der Waals surface area contributed by atoms with Crippen molar-refractivity contribution < 1.29 is 4.79 Å². The Morgan fingerprint density at radius 2 is 2.33 bits per heavy atom. The zero-order chi connectivity index (χ0) is 10.8. The van der Waals surface area contributed by atoms with Gasteiger partial charge in [0.15, 0.2) is 0 Å². The third-order valence-corrected chi connectivity index (χ3v) is 3.41. The summed E-state index contributed by atoms with van der Waals surface area (Å²) >= 11 is 0. The van der Waals surface area contributed by atoms with Gasteiger partial charge in [0.05, 0.1) is 0 Å². The van der Waals surface area contributed by atoms with E-state index >= 15 is 0 Å². The quantitative estimate of drug-likeness (QED) is 0.760. The van der Waals surface area contributed by atoms with E-state index < -0.39 is 0 Å². The molecule has 1 aliphatic carbocycles. The van der Waals surface area contributed by atoms with Gasteiger partial charge < -0.3 is 5.32 Å². The Hall–Kier alpha value is -1.39. The van der Waals surface area contributed by atoms with Crippen LogP contribution in [0.2, 0.25) is 0 Å². The van der Waals surface area contributed by atoms with Crippen molar-refractivity contribution in [2.45, 2.75) is 32.7 Å². The molecule has 3 atom stereocenters. The Morgan fingerprint density at radius 3 is 2.87 bits per heavy atom. The van der Waals surface area contributed by atoms with Gasteiger partial charge in [-0.3, -0.25) is 9.89 Å². The molecule has 0 saturated heterocycles. The maximum Gasteiger partial charge on any atom is 0.288 e. The Morgan fingerprint density at radius 1 is 1.53 bits per heavy atom. The van der Waals surface area contributed by atoms with Gasteiger partial charge >= 0.3 is 0 Å². The highest BCUT2D eigenvalue weighted by Crippen LogP contribution is 2.31. The summed E-state index contributed by atoms with van der Waals surface area (Å²) in [7, 11) is 0. The first kappa shape index (κ1) is 10.1. The molecule has 82 valence electrons. The van der Waals surface area contributed by atoms with Crippen LogP contribution in [0.25, 0.3) is 0 Å². The van der Waals surface area contributed by atoms with Crippen molar-refractivity contribution >= 4 is 5.91 Å². The smallest absolute Gasteiger partial charge is 0.288 e. The van der Waals surface area contributed by atoms with E-state index in [0.29, 0.717) is 17.7 Å². The summed E-state index contributed by atoms with van der Waals surface area (Å²) in [6.07, 6.45) is 3.58. The molecule has 1 aromatic rings. The summed E-state index contributed by atoms with van der Waals surface area (Å²) in [6, 6.07) is 0.276. The highest BCUT2D eigenvalue weighted by Gasteiger charge is 2.31. The monoisotopic (exact) mass is 208 g/mol. The molecule has 5 heteroatoms. The number of carbonyl (C=O) groups is 1. The zero-order valence-electron chi connectivity index (χ0n) is 9.03. The van der Waals surface area contributed by atoms with Gasteiger partial charge in [-0.1, -0.05) is 13.8 Å². The Bertz CT molecular complexity index is 335. The van der Waals surface area contributed by atoms with Gasteiger partial charge in [-0.05, 0) is 24.7 Å². The topological polar surface area (TPSA) is 70.7 Å². The first-order valence-electron chi connectivity index (χ1n) is 5.34. The molecule has 2 rings (SSSR count). The number of amides is 1. The van der Waals surface area contributed by atoms with Crippen LogP contribution in [0.4, 0.5) is 0 Å². The average molecular weight is 208 g/mol. The van der Waals surface area contributed by atoms with Crippen molar-refractivity contribution in [2.75, 3.05) is 0 Å². The molecule has 0 radical (unpaired) electrons. The first-order chi connectivity index (χ1) is 7.18. The largest absolute Gasteiger partial charge is 0.346 e. The summed E-state index contributed by atoms with van der Waals surface area (Å²) < 4.78 is 0. The van der Waals surface area contributed by atoms with E-state index in [9.17, 15) is 4.79 Å². The molecule has 2 N–H and O–H groups in total. The number of H-pyrrole nitrogens is 1. The van der Waals surface area contributed by atoms with Crippen molar-refractivity contribution in [3.8, 4) is 0 Å². The van der Waals surface area contributed by atoms with Gasteiger partial charge in [0.25, 0.3) is 5.91 Å². The van der Waals surface area contributed by atoms with Crippen LogP contribution >= 0.6 is 0 Å². The van der Waals surface area contributed by atoms with Gasteiger partial charge in [-0.2, -0.15) is 5.10 Å². The maximum atomic E-state index is 11.7. The summed E-state index contributed by atoms with van der Waals surface area (Å²) in [4.78, 5) is 15.5. The Labute approximate surface area is 88.7 Å². The van der Waals surface area contributed by atoms with Crippen molar-refractivity contribution in [2.24, 2.45) is 11.8 Å². The van der Waals surface area contributed by atoms with E-state index in [1.54, 1.807) is 0 Å². The van der Waals surface area contributed by atoms with Gasteiger partial charge in [0.1, 0.15) is 6.33 Å². The minimum Gasteiger partial charge on any atom is -0.346 e. The molecular weight excluding hydrogens is 192 g/mol. The molecular formula is C10H16N4O. The SMILES string of the molecule is CC1CCC(NC(=O)c2ncn[nH]2)C1C. The minimum atomic E-state index is -0.154. The second-order valence-corrected chi connectivity index (χ2v) is 4.33. The summed E-state index contributed by atoms with van der Waals surface area (Å²) in [5.74, 6) is 1.36. The zero-order valence-corrected chi connectivity index (χ0v) is 9.03.